The molecule has 4 nitrogen and oxygen atoms in total. The van der Waals surface area contributed by atoms with Gasteiger partial charge < -0.3 is 15.0 Å². The lowest BCUT2D eigenvalue weighted by Gasteiger charge is -2.31. The van der Waals surface area contributed by atoms with Gasteiger partial charge in [0.25, 0.3) is 0 Å². The zero-order valence-corrected chi connectivity index (χ0v) is 15.3. The summed E-state index contributed by atoms with van der Waals surface area (Å²) in [7, 11) is 1.66. The number of carbonyl (C=O) groups is 1. The Labute approximate surface area is 151 Å². The van der Waals surface area contributed by atoms with Gasteiger partial charge in [0.15, 0.2) is 0 Å². The highest BCUT2D eigenvalue weighted by Crippen LogP contribution is 2.17. The molecule has 0 radical (unpaired) electrons. The summed E-state index contributed by atoms with van der Waals surface area (Å²) in [5.74, 6) is 2.10. The molecule has 0 saturated carbocycles. The van der Waals surface area contributed by atoms with E-state index in [0.29, 0.717) is 6.54 Å². The van der Waals surface area contributed by atoms with Crippen LogP contribution in [0.25, 0.3) is 0 Å². The zero-order valence-electron chi connectivity index (χ0n) is 15.3. The number of ether oxygens (including phenoxy) is 1. The first-order valence-electron chi connectivity index (χ1n) is 9.64. The number of likely N-dealkylation sites (tertiary alicyclic amines) is 1. The van der Waals surface area contributed by atoms with E-state index in [1.54, 1.807) is 12.0 Å². The molecule has 2 N–H and O–H groups in total. The van der Waals surface area contributed by atoms with E-state index in [0.717, 1.165) is 43.2 Å². The molecular formula is C21H31N2O2+. The maximum absolute atomic E-state index is 12.4. The number of hydrogen-bond donors (Lipinski definition) is 2. The third-order valence-corrected chi connectivity index (χ3v) is 5.64. The van der Waals surface area contributed by atoms with Crippen molar-refractivity contribution in [3.8, 4) is 5.75 Å². The van der Waals surface area contributed by atoms with Crippen LogP contribution in [0.2, 0.25) is 0 Å². The number of carbonyl (C=O) groups excluding carboxylic acids is 1. The van der Waals surface area contributed by atoms with E-state index in [1.165, 1.54) is 25.8 Å². The molecule has 1 aromatic rings. The van der Waals surface area contributed by atoms with Crippen LogP contribution in [-0.2, 0) is 11.3 Å². The standard InChI is InChI=1S/C21H30N2O2/c1-25-20-9-7-17(8-10-20)15-22-21(24)19-11-13-23(14-12-19)16-18-5-3-2-4-6-18/h2-3,7-10,18-19H,4-6,11-16H2,1H3,(H,22,24)/p+1/t18-/m1/s1. The van der Waals surface area contributed by atoms with Crippen molar-refractivity contribution < 1.29 is 14.4 Å². The lowest BCUT2D eigenvalue weighted by atomic mass is 9.91. The van der Waals surface area contributed by atoms with Gasteiger partial charge in [-0.1, -0.05) is 24.3 Å². The van der Waals surface area contributed by atoms with Crippen molar-refractivity contribution in [1.82, 2.24) is 5.32 Å². The molecule has 25 heavy (non-hydrogen) atoms. The third kappa shape index (κ3) is 5.33. The Hall–Kier alpha value is -1.81. The second-order valence-electron chi connectivity index (χ2n) is 7.44. The van der Waals surface area contributed by atoms with Crippen molar-refractivity contribution in [1.29, 1.82) is 0 Å². The monoisotopic (exact) mass is 343 g/mol. The van der Waals surface area contributed by atoms with Crippen LogP contribution in [-0.4, -0.2) is 32.7 Å². The number of hydrogen-bond acceptors (Lipinski definition) is 2. The lowest BCUT2D eigenvalue weighted by Crippen LogP contribution is -3.13. The van der Waals surface area contributed by atoms with Crippen molar-refractivity contribution in [3.63, 3.8) is 0 Å². The first-order chi connectivity index (χ1) is 12.2. The van der Waals surface area contributed by atoms with Gasteiger partial charge in [-0.15, -0.1) is 0 Å². The van der Waals surface area contributed by atoms with Gasteiger partial charge >= 0.3 is 0 Å². The Morgan fingerprint density at radius 1 is 1.16 bits per heavy atom. The van der Waals surface area contributed by atoms with Crippen molar-refractivity contribution >= 4 is 5.91 Å². The van der Waals surface area contributed by atoms with E-state index in [9.17, 15) is 4.79 Å². The molecular weight excluding hydrogens is 312 g/mol. The Bertz CT molecular complexity index is 574. The summed E-state index contributed by atoms with van der Waals surface area (Å²) in [5, 5.41) is 3.10. The van der Waals surface area contributed by atoms with Gasteiger partial charge in [-0.2, -0.15) is 0 Å². The minimum Gasteiger partial charge on any atom is -0.497 e. The van der Waals surface area contributed by atoms with Gasteiger partial charge in [-0.05, 0) is 37.0 Å². The predicted octanol–water partition coefficient (Wildman–Crippen LogP) is 1.96. The largest absolute Gasteiger partial charge is 0.497 e. The molecule has 1 aliphatic heterocycles. The van der Waals surface area contributed by atoms with E-state index in [-0.39, 0.29) is 11.8 Å². The molecule has 1 aromatic carbocycles. The summed E-state index contributed by atoms with van der Waals surface area (Å²) in [4.78, 5) is 14.1. The molecule has 0 unspecified atom stereocenters. The fraction of sp³-hybridized carbons (Fsp3) is 0.571. The van der Waals surface area contributed by atoms with Gasteiger partial charge in [0.2, 0.25) is 5.91 Å². The van der Waals surface area contributed by atoms with Crippen LogP contribution in [0.1, 0.15) is 37.7 Å². The van der Waals surface area contributed by atoms with E-state index in [2.05, 4.69) is 17.5 Å². The second kappa shape index (κ2) is 9.04. The SMILES string of the molecule is COc1ccc(CNC(=O)C2CC[NH+](C[C@@H]3CC=CCC3)CC2)cc1. The number of piperidine rings is 1. The fourth-order valence-electron chi connectivity index (χ4n) is 4.02. The van der Waals surface area contributed by atoms with Crippen LogP contribution in [0, 0.1) is 11.8 Å². The molecule has 0 spiro atoms. The Morgan fingerprint density at radius 3 is 2.56 bits per heavy atom. The minimum absolute atomic E-state index is 0.188. The first kappa shape index (κ1) is 18.0. The molecule has 3 rings (SSSR count). The first-order valence-corrected chi connectivity index (χ1v) is 9.64. The zero-order chi connectivity index (χ0) is 17.5. The number of allylic oxidation sites excluding steroid dienone is 2. The van der Waals surface area contributed by atoms with Crippen molar-refractivity contribution in [2.45, 2.75) is 38.6 Å². The Kier molecular flexibility index (Phi) is 6.51. The maximum Gasteiger partial charge on any atom is 0.223 e. The van der Waals surface area contributed by atoms with E-state index in [1.807, 2.05) is 24.3 Å². The highest BCUT2D eigenvalue weighted by molar-refractivity contribution is 5.78. The normalized spacial score (nSPS) is 26.2. The number of rotatable bonds is 6. The van der Waals surface area contributed by atoms with Gasteiger partial charge in [0.05, 0.1) is 26.7 Å². The number of benzene rings is 1. The van der Waals surface area contributed by atoms with E-state index in [4.69, 9.17) is 4.74 Å². The van der Waals surface area contributed by atoms with E-state index >= 15 is 0 Å². The summed E-state index contributed by atoms with van der Waals surface area (Å²) >= 11 is 0. The fourth-order valence-corrected chi connectivity index (χ4v) is 4.02. The summed E-state index contributed by atoms with van der Waals surface area (Å²) in [6, 6.07) is 7.88. The minimum atomic E-state index is 0.188. The average Bonchev–Trinajstić information content (AvgIpc) is 2.68. The van der Waals surface area contributed by atoms with Crippen molar-refractivity contribution in [3.05, 3.63) is 42.0 Å². The van der Waals surface area contributed by atoms with Crippen molar-refractivity contribution in [2.24, 2.45) is 11.8 Å². The highest BCUT2D eigenvalue weighted by atomic mass is 16.5. The second-order valence-corrected chi connectivity index (χ2v) is 7.44. The Morgan fingerprint density at radius 2 is 1.92 bits per heavy atom. The third-order valence-electron chi connectivity index (χ3n) is 5.64. The molecule has 0 aromatic heterocycles. The van der Waals surface area contributed by atoms with Crippen LogP contribution in [0.4, 0.5) is 0 Å². The van der Waals surface area contributed by atoms with Gasteiger partial charge in [-0.25, -0.2) is 0 Å². The van der Waals surface area contributed by atoms with Crippen LogP contribution in [0.5, 0.6) is 5.75 Å². The van der Waals surface area contributed by atoms with Gasteiger partial charge in [0.1, 0.15) is 5.75 Å². The van der Waals surface area contributed by atoms with Crippen LogP contribution in [0.3, 0.4) is 0 Å². The molecule has 1 saturated heterocycles. The summed E-state index contributed by atoms with van der Waals surface area (Å²) in [5.41, 5.74) is 1.11. The molecule has 4 heteroatoms. The van der Waals surface area contributed by atoms with Crippen molar-refractivity contribution in [2.75, 3.05) is 26.7 Å². The summed E-state index contributed by atoms with van der Waals surface area (Å²) in [6.45, 7) is 4.16. The van der Waals surface area contributed by atoms with Crippen LogP contribution in [0.15, 0.2) is 36.4 Å². The quantitative estimate of drug-likeness (QED) is 0.776. The molecule has 1 heterocycles. The highest BCUT2D eigenvalue weighted by Gasteiger charge is 2.28. The maximum atomic E-state index is 12.4. The number of amides is 1. The molecule has 0 bridgehead atoms. The van der Waals surface area contributed by atoms with Crippen LogP contribution >= 0.6 is 0 Å². The smallest absolute Gasteiger partial charge is 0.223 e. The predicted molar refractivity (Wildman–Crippen MR) is 99.6 cm³/mol. The molecule has 1 amide bonds. The van der Waals surface area contributed by atoms with Gasteiger partial charge in [0, 0.05) is 31.2 Å². The number of methoxy groups -OCH3 is 1. The summed E-state index contributed by atoms with van der Waals surface area (Å²) in [6.07, 6.45) is 10.5. The summed E-state index contributed by atoms with van der Waals surface area (Å²) < 4.78 is 5.16. The van der Waals surface area contributed by atoms with Gasteiger partial charge in [-0.3, -0.25) is 4.79 Å². The average molecular weight is 343 g/mol. The molecule has 1 atom stereocenters. The number of nitrogens with one attached hydrogen (secondary N) is 2. The molecule has 1 aliphatic carbocycles. The molecule has 136 valence electrons. The molecule has 2 aliphatic rings. The van der Waals surface area contributed by atoms with E-state index < -0.39 is 0 Å². The topological polar surface area (TPSA) is 42.8 Å². The Balaban J connectivity index is 1.38. The number of quaternary nitrogens is 1. The molecule has 1 fully saturated rings. The lowest BCUT2D eigenvalue weighted by molar-refractivity contribution is -0.909. The van der Waals surface area contributed by atoms with Crippen LogP contribution < -0.4 is 15.0 Å².